The van der Waals surface area contributed by atoms with Gasteiger partial charge in [-0.05, 0) is 0 Å². The first kappa shape index (κ1) is 7.03. The molecule has 0 saturated heterocycles. The minimum atomic E-state index is -0.697. The Bertz CT molecular complexity index is 70.1. The Morgan fingerprint density at radius 1 is 2.00 bits per heavy atom. The number of carboxylic acids is 1. The summed E-state index contributed by atoms with van der Waals surface area (Å²) in [7, 11) is 0. The van der Waals surface area contributed by atoms with Crippen LogP contribution in [0.1, 0.15) is 13.3 Å². The Morgan fingerprint density at radius 2 is 2.43 bits per heavy atom. The predicted octanol–water partition coefficient (Wildman–Crippen LogP) is -0.0974. The van der Waals surface area contributed by atoms with Gasteiger partial charge in [-0.3, -0.25) is 0 Å². The van der Waals surface area contributed by atoms with E-state index in [-0.39, 0.29) is 0 Å². The standard InChI is InChI=1S/C4H9AsO2/c1-3(5)2-4(6)7/h3H,2,5H2,1H3,(H,6,7). The summed E-state index contributed by atoms with van der Waals surface area (Å²) in [6.07, 6.45) is 0.306. The molecule has 0 radical (unpaired) electrons. The summed E-state index contributed by atoms with van der Waals surface area (Å²) < 4.78 is 0.338. The van der Waals surface area contributed by atoms with Crippen LogP contribution in [-0.2, 0) is 4.79 Å². The second-order valence-corrected chi connectivity index (χ2v) is 3.96. The van der Waals surface area contributed by atoms with Crippen LogP contribution >= 0.6 is 0 Å². The molecule has 0 aliphatic rings. The van der Waals surface area contributed by atoms with Crippen LogP contribution in [0, 0.1) is 0 Å². The maximum atomic E-state index is 9.82. The quantitative estimate of drug-likeness (QED) is 0.578. The van der Waals surface area contributed by atoms with Crippen molar-refractivity contribution in [2.24, 2.45) is 0 Å². The first-order chi connectivity index (χ1) is 3.13. The third-order valence-electron chi connectivity index (χ3n) is 0.497. The third kappa shape index (κ3) is 6.03. The van der Waals surface area contributed by atoms with Crippen LogP contribution in [0.3, 0.4) is 0 Å². The van der Waals surface area contributed by atoms with Gasteiger partial charge in [0.1, 0.15) is 0 Å². The van der Waals surface area contributed by atoms with Crippen LogP contribution in [0.25, 0.3) is 0 Å². The van der Waals surface area contributed by atoms with Crippen molar-refractivity contribution < 1.29 is 9.90 Å². The normalized spacial score (nSPS) is 13.4. The molecule has 0 fully saturated rings. The molecule has 0 bridgehead atoms. The maximum absolute atomic E-state index is 9.82. The Labute approximate surface area is 51.4 Å². The fourth-order valence-corrected chi connectivity index (χ4v) is 0.698. The van der Waals surface area contributed by atoms with Crippen LogP contribution in [0.2, 0.25) is 4.71 Å². The van der Waals surface area contributed by atoms with Crippen molar-refractivity contribution in [1.29, 1.82) is 0 Å². The van der Waals surface area contributed by atoms with Gasteiger partial charge in [0.25, 0.3) is 0 Å². The first-order valence-electron chi connectivity index (χ1n) is 2.10. The van der Waals surface area contributed by atoms with Gasteiger partial charge in [0.05, 0.1) is 0 Å². The molecule has 42 valence electrons. The second-order valence-electron chi connectivity index (χ2n) is 1.58. The van der Waals surface area contributed by atoms with E-state index in [1.165, 1.54) is 16.9 Å². The van der Waals surface area contributed by atoms with Crippen molar-refractivity contribution in [2.75, 3.05) is 0 Å². The summed E-state index contributed by atoms with van der Waals surface area (Å²) in [5, 5.41) is 8.09. The molecule has 7 heavy (non-hydrogen) atoms. The summed E-state index contributed by atoms with van der Waals surface area (Å²) in [4.78, 5) is 9.82. The van der Waals surface area contributed by atoms with Gasteiger partial charge in [-0.15, -0.1) is 0 Å². The van der Waals surface area contributed by atoms with E-state index in [1.807, 2.05) is 6.92 Å². The van der Waals surface area contributed by atoms with Crippen LogP contribution in [0.5, 0.6) is 0 Å². The summed E-state index contributed by atoms with van der Waals surface area (Å²) in [6, 6.07) is 0. The van der Waals surface area contributed by atoms with E-state index in [2.05, 4.69) is 0 Å². The molecule has 2 atom stereocenters. The number of carbonyl (C=O) groups is 1. The van der Waals surface area contributed by atoms with Crippen LogP contribution in [0.4, 0.5) is 0 Å². The Balaban J connectivity index is 3.13. The number of hydrogen-bond acceptors (Lipinski definition) is 1. The van der Waals surface area contributed by atoms with E-state index in [1.54, 1.807) is 0 Å². The Hall–Kier alpha value is 0.0284. The van der Waals surface area contributed by atoms with Gasteiger partial charge >= 0.3 is 50.8 Å². The first-order valence-corrected chi connectivity index (χ1v) is 3.50. The zero-order valence-corrected chi connectivity index (χ0v) is 6.64. The average Bonchev–Trinajstić information content (AvgIpc) is 1.27. The van der Waals surface area contributed by atoms with Gasteiger partial charge in [-0.1, -0.05) is 0 Å². The summed E-state index contributed by atoms with van der Waals surface area (Å²) in [5.74, 6) is -0.697. The molecule has 2 unspecified atom stereocenters. The molecule has 0 spiro atoms. The molecule has 0 aromatic carbocycles. The van der Waals surface area contributed by atoms with E-state index in [4.69, 9.17) is 5.11 Å². The minimum absolute atomic E-state index is 0.306. The van der Waals surface area contributed by atoms with E-state index in [0.29, 0.717) is 11.1 Å². The van der Waals surface area contributed by atoms with Gasteiger partial charge < -0.3 is 0 Å². The summed E-state index contributed by atoms with van der Waals surface area (Å²) in [6.45, 7) is 1.91. The van der Waals surface area contributed by atoms with E-state index in [0.717, 1.165) is 0 Å². The fraction of sp³-hybridized carbons (Fsp3) is 0.750. The van der Waals surface area contributed by atoms with Crippen molar-refractivity contribution in [2.45, 2.75) is 18.1 Å². The van der Waals surface area contributed by atoms with Crippen molar-refractivity contribution in [3.8, 4) is 0 Å². The topological polar surface area (TPSA) is 37.3 Å². The van der Waals surface area contributed by atoms with Crippen molar-refractivity contribution >= 4 is 22.8 Å². The van der Waals surface area contributed by atoms with E-state index in [9.17, 15) is 4.79 Å². The fourth-order valence-electron chi connectivity index (χ4n) is 0.275. The van der Waals surface area contributed by atoms with Gasteiger partial charge in [0.2, 0.25) is 0 Å². The van der Waals surface area contributed by atoms with E-state index >= 15 is 0 Å². The molecule has 0 heterocycles. The van der Waals surface area contributed by atoms with E-state index < -0.39 is 5.97 Å². The van der Waals surface area contributed by atoms with Crippen LogP contribution in [-0.4, -0.2) is 27.9 Å². The Morgan fingerprint density at radius 3 is 2.43 bits per heavy atom. The van der Waals surface area contributed by atoms with Gasteiger partial charge in [0, 0.05) is 0 Å². The molecule has 0 rings (SSSR count). The van der Waals surface area contributed by atoms with Crippen molar-refractivity contribution in [3.05, 3.63) is 0 Å². The molecule has 3 heteroatoms. The predicted molar refractivity (Wildman–Crippen MR) is 30.2 cm³/mol. The summed E-state index contributed by atoms with van der Waals surface area (Å²) >= 11 is 1.48. The second kappa shape index (κ2) is 3.09. The monoisotopic (exact) mass is 164 g/mol. The molecule has 0 saturated carbocycles. The molecule has 0 aliphatic carbocycles. The van der Waals surface area contributed by atoms with Crippen molar-refractivity contribution in [1.82, 2.24) is 0 Å². The number of rotatable bonds is 2. The zero-order valence-electron chi connectivity index (χ0n) is 4.22. The van der Waals surface area contributed by atoms with Crippen LogP contribution in [0.15, 0.2) is 0 Å². The molecule has 0 amide bonds. The van der Waals surface area contributed by atoms with Gasteiger partial charge in [-0.25, -0.2) is 0 Å². The van der Waals surface area contributed by atoms with Crippen LogP contribution < -0.4 is 0 Å². The Kier molecular flexibility index (Phi) is 3.10. The zero-order chi connectivity index (χ0) is 5.86. The van der Waals surface area contributed by atoms with Crippen molar-refractivity contribution in [3.63, 3.8) is 0 Å². The molecule has 0 aromatic rings. The molecule has 2 nitrogen and oxygen atoms in total. The molecular formula is C4H9AsO2. The summed E-state index contributed by atoms with van der Waals surface area (Å²) in [5.41, 5.74) is 0. The molecule has 0 aromatic heterocycles. The van der Waals surface area contributed by atoms with Gasteiger partial charge in [0.15, 0.2) is 0 Å². The SMILES string of the molecule is CC([AsH2])CC(=O)O. The van der Waals surface area contributed by atoms with Gasteiger partial charge in [-0.2, -0.15) is 0 Å². The number of hydrogen-bond donors (Lipinski definition) is 1. The molecule has 1 N–H and O–H groups in total. The third-order valence-corrected chi connectivity index (χ3v) is 0.991. The number of carboxylic acid groups (broad SMARTS) is 1. The molecular weight excluding hydrogens is 155 g/mol. The molecule has 0 aliphatic heterocycles. The average molecular weight is 164 g/mol. The number of aliphatic carboxylic acids is 1.